The Morgan fingerprint density at radius 1 is 1.31 bits per heavy atom. The third-order valence-corrected chi connectivity index (χ3v) is 1.93. The van der Waals surface area contributed by atoms with Gasteiger partial charge in [-0.15, -0.1) is 0 Å². The molecule has 2 amide bonds. The van der Waals surface area contributed by atoms with E-state index in [0.717, 1.165) is 5.56 Å². The molecule has 0 atom stereocenters. The molecule has 0 spiro atoms. The van der Waals surface area contributed by atoms with Gasteiger partial charge in [-0.25, -0.2) is 5.48 Å². The summed E-state index contributed by atoms with van der Waals surface area (Å²) in [4.78, 5) is 26.1. The Labute approximate surface area is 97.5 Å². The predicted octanol–water partition coefficient (Wildman–Crippen LogP) is 0.416. The molecule has 0 aliphatic carbocycles. The van der Waals surface area contributed by atoms with Gasteiger partial charge in [-0.05, 0) is 17.7 Å². The summed E-state index contributed by atoms with van der Waals surface area (Å²) in [5.41, 5.74) is 7.72. The van der Waals surface area contributed by atoms with E-state index >= 15 is 0 Å². The molecule has 0 unspecified atom stereocenters. The van der Waals surface area contributed by atoms with Gasteiger partial charge >= 0.3 is 0 Å². The van der Waals surface area contributed by atoms with Gasteiger partial charge in [0.25, 0.3) is 0 Å². The minimum Gasteiger partial charge on any atom is -0.368 e. The standard InChI is InChI=1S/C10H11ClN2O3/c11-8-3-1-7(2-4-8)5-10(15)13-16-6-9(12)14/h1-4H,5-6H2,(H2,12,14)(H,13,15). The fraction of sp³-hybridized carbons (Fsp3) is 0.200. The van der Waals surface area contributed by atoms with Crippen molar-refractivity contribution in [2.24, 2.45) is 5.73 Å². The molecule has 0 aliphatic heterocycles. The van der Waals surface area contributed by atoms with E-state index in [2.05, 4.69) is 10.3 Å². The fourth-order valence-corrected chi connectivity index (χ4v) is 1.14. The van der Waals surface area contributed by atoms with E-state index in [9.17, 15) is 9.59 Å². The molecule has 0 saturated carbocycles. The highest BCUT2D eigenvalue weighted by atomic mass is 35.5. The molecule has 1 aromatic carbocycles. The summed E-state index contributed by atoms with van der Waals surface area (Å²) in [7, 11) is 0. The zero-order valence-corrected chi connectivity index (χ0v) is 9.16. The number of hydrogen-bond donors (Lipinski definition) is 2. The Bertz CT molecular complexity index is 378. The van der Waals surface area contributed by atoms with Crippen LogP contribution >= 0.6 is 11.6 Å². The number of carbonyl (C=O) groups excluding carboxylic acids is 2. The summed E-state index contributed by atoms with van der Waals surface area (Å²) in [6.07, 6.45) is 0.149. The Balaban J connectivity index is 2.34. The maximum atomic E-state index is 11.3. The normalized spacial score (nSPS) is 9.81. The summed E-state index contributed by atoms with van der Waals surface area (Å²) >= 11 is 5.69. The first-order valence-electron chi connectivity index (χ1n) is 4.51. The first-order valence-corrected chi connectivity index (χ1v) is 4.89. The Morgan fingerprint density at radius 3 is 2.50 bits per heavy atom. The Hall–Kier alpha value is -1.59. The molecule has 0 aromatic heterocycles. The third kappa shape index (κ3) is 4.77. The highest BCUT2D eigenvalue weighted by Gasteiger charge is 2.03. The summed E-state index contributed by atoms with van der Waals surface area (Å²) < 4.78 is 0. The number of amides is 2. The van der Waals surface area contributed by atoms with E-state index in [0.29, 0.717) is 5.02 Å². The van der Waals surface area contributed by atoms with Gasteiger partial charge < -0.3 is 5.73 Å². The van der Waals surface area contributed by atoms with Crippen molar-refractivity contribution in [2.45, 2.75) is 6.42 Å². The van der Waals surface area contributed by atoms with Gasteiger partial charge in [0.1, 0.15) is 0 Å². The van der Waals surface area contributed by atoms with Crippen LogP contribution in [0.15, 0.2) is 24.3 Å². The lowest BCUT2D eigenvalue weighted by atomic mass is 10.1. The SMILES string of the molecule is NC(=O)CONC(=O)Cc1ccc(Cl)cc1. The van der Waals surface area contributed by atoms with E-state index in [1.807, 2.05) is 0 Å². The van der Waals surface area contributed by atoms with Crippen molar-refractivity contribution in [3.63, 3.8) is 0 Å². The molecule has 0 aliphatic rings. The molecular weight excluding hydrogens is 232 g/mol. The van der Waals surface area contributed by atoms with E-state index < -0.39 is 5.91 Å². The van der Waals surface area contributed by atoms with Crippen LogP contribution in [0.25, 0.3) is 0 Å². The van der Waals surface area contributed by atoms with E-state index in [1.54, 1.807) is 24.3 Å². The second-order valence-electron chi connectivity index (χ2n) is 3.08. The number of hydrogen-bond acceptors (Lipinski definition) is 3. The predicted molar refractivity (Wildman–Crippen MR) is 58.4 cm³/mol. The lowest BCUT2D eigenvalue weighted by Gasteiger charge is -2.04. The van der Waals surface area contributed by atoms with E-state index in [4.69, 9.17) is 17.3 Å². The molecule has 0 bridgehead atoms. The molecular formula is C10H11ClN2O3. The maximum Gasteiger partial charge on any atom is 0.247 e. The molecule has 1 rings (SSSR count). The summed E-state index contributed by atoms with van der Waals surface area (Å²) in [5.74, 6) is -1.00. The molecule has 86 valence electrons. The molecule has 0 radical (unpaired) electrons. The van der Waals surface area contributed by atoms with Crippen LogP contribution in [0.5, 0.6) is 0 Å². The van der Waals surface area contributed by atoms with Gasteiger partial charge in [0.15, 0.2) is 6.61 Å². The van der Waals surface area contributed by atoms with Crippen LogP contribution < -0.4 is 11.2 Å². The largest absolute Gasteiger partial charge is 0.368 e. The fourth-order valence-electron chi connectivity index (χ4n) is 1.01. The monoisotopic (exact) mass is 242 g/mol. The minimum atomic E-state index is -0.646. The van der Waals surface area contributed by atoms with Crippen LogP contribution in [-0.2, 0) is 20.8 Å². The third-order valence-electron chi connectivity index (χ3n) is 1.68. The van der Waals surface area contributed by atoms with Gasteiger partial charge in [-0.2, -0.15) is 0 Å². The zero-order chi connectivity index (χ0) is 12.0. The van der Waals surface area contributed by atoms with Crippen LogP contribution in [-0.4, -0.2) is 18.4 Å². The molecule has 5 nitrogen and oxygen atoms in total. The van der Waals surface area contributed by atoms with Gasteiger partial charge in [0, 0.05) is 5.02 Å². The topological polar surface area (TPSA) is 81.4 Å². The molecule has 0 saturated heterocycles. The first-order chi connectivity index (χ1) is 7.58. The van der Waals surface area contributed by atoms with Crippen molar-refractivity contribution in [2.75, 3.05) is 6.61 Å². The lowest BCUT2D eigenvalue weighted by Crippen LogP contribution is -2.30. The van der Waals surface area contributed by atoms with Crippen LogP contribution in [0.3, 0.4) is 0 Å². The summed E-state index contributed by atoms with van der Waals surface area (Å²) in [5, 5.41) is 0.606. The van der Waals surface area contributed by atoms with Gasteiger partial charge in [0.05, 0.1) is 6.42 Å². The second-order valence-corrected chi connectivity index (χ2v) is 3.52. The number of benzene rings is 1. The smallest absolute Gasteiger partial charge is 0.247 e. The average molecular weight is 243 g/mol. The first kappa shape index (κ1) is 12.5. The van der Waals surface area contributed by atoms with Gasteiger partial charge in [-0.1, -0.05) is 23.7 Å². The number of nitrogens with two attached hydrogens (primary N) is 1. The number of rotatable bonds is 5. The number of carbonyl (C=O) groups is 2. The zero-order valence-electron chi connectivity index (χ0n) is 8.40. The number of halogens is 1. The highest BCUT2D eigenvalue weighted by molar-refractivity contribution is 6.30. The molecule has 1 aromatic rings. The average Bonchev–Trinajstić information content (AvgIpc) is 2.21. The van der Waals surface area contributed by atoms with Gasteiger partial charge in [0.2, 0.25) is 11.8 Å². The lowest BCUT2D eigenvalue weighted by molar-refractivity contribution is -0.137. The molecule has 6 heteroatoms. The van der Waals surface area contributed by atoms with Crippen molar-refractivity contribution in [3.05, 3.63) is 34.9 Å². The van der Waals surface area contributed by atoms with Crippen molar-refractivity contribution in [1.82, 2.24) is 5.48 Å². The quantitative estimate of drug-likeness (QED) is 0.734. The van der Waals surface area contributed by atoms with Gasteiger partial charge in [-0.3, -0.25) is 14.4 Å². The number of hydroxylamine groups is 1. The van der Waals surface area contributed by atoms with Crippen molar-refractivity contribution < 1.29 is 14.4 Å². The maximum absolute atomic E-state index is 11.3. The molecule has 0 fully saturated rings. The second kappa shape index (κ2) is 6.09. The van der Waals surface area contributed by atoms with Crippen molar-refractivity contribution in [1.29, 1.82) is 0 Å². The number of nitrogens with one attached hydrogen (secondary N) is 1. The molecule has 16 heavy (non-hydrogen) atoms. The van der Waals surface area contributed by atoms with E-state index in [1.165, 1.54) is 0 Å². The minimum absolute atomic E-state index is 0.149. The summed E-state index contributed by atoms with van der Waals surface area (Å²) in [6, 6.07) is 6.84. The molecule has 3 N–H and O–H groups in total. The summed E-state index contributed by atoms with van der Waals surface area (Å²) in [6.45, 7) is -0.341. The van der Waals surface area contributed by atoms with Crippen LogP contribution in [0.1, 0.15) is 5.56 Å². The van der Waals surface area contributed by atoms with Crippen LogP contribution in [0.4, 0.5) is 0 Å². The van der Waals surface area contributed by atoms with Crippen LogP contribution in [0.2, 0.25) is 5.02 Å². The highest BCUT2D eigenvalue weighted by Crippen LogP contribution is 2.09. The number of primary amides is 1. The Kier molecular flexibility index (Phi) is 4.75. The van der Waals surface area contributed by atoms with E-state index in [-0.39, 0.29) is 18.9 Å². The Morgan fingerprint density at radius 2 is 1.94 bits per heavy atom. The van der Waals surface area contributed by atoms with Crippen LogP contribution in [0, 0.1) is 0 Å². The van der Waals surface area contributed by atoms with Crippen molar-refractivity contribution >= 4 is 23.4 Å². The van der Waals surface area contributed by atoms with Crippen molar-refractivity contribution in [3.8, 4) is 0 Å². The molecule has 0 heterocycles.